The molecule has 8 aromatic rings. The van der Waals surface area contributed by atoms with Crippen molar-refractivity contribution >= 4 is 77.7 Å². The van der Waals surface area contributed by atoms with Gasteiger partial charge in [-0.2, -0.15) is 0 Å². The number of aromatic nitrogens is 1. The van der Waals surface area contributed by atoms with Crippen LogP contribution in [0.15, 0.2) is 161 Å². The standard InChI is InChI=1S/C42H27N3O/c1-3-13-26(14-4-1)28-23-24-43-39-33(27-15-5-2-6-16-27)25-36(44-40(28)39)45-34-21-11-9-19-31(34)37-29-17-7-8-18-30(29)38-32-20-10-12-22-35(32)46-42(38)41(37)45/h1-25,40,44H. The van der Waals surface area contributed by atoms with Gasteiger partial charge in [0.1, 0.15) is 11.4 Å². The number of benzene rings is 6. The molecule has 0 saturated heterocycles. The van der Waals surface area contributed by atoms with E-state index in [9.17, 15) is 0 Å². The minimum atomic E-state index is -0.148. The third-order valence-corrected chi connectivity index (χ3v) is 9.49. The number of nitrogens with zero attached hydrogens (tertiary/aromatic N) is 2. The first-order valence-electron chi connectivity index (χ1n) is 15.7. The number of allylic oxidation sites excluding steroid dienone is 3. The van der Waals surface area contributed by atoms with Crippen molar-refractivity contribution in [1.29, 1.82) is 0 Å². The number of hydrogen-bond acceptors (Lipinski definition) is 3. The summed E-state index contributed by atoms with van der Waals surface area (Å²) in [7, 11) is 0. The van der Waals surface area contributed by atoms with Crippen LogP contribution in [0.1, 0.15) is 11.1 Å². The fraction of sp³-hybridized carbons (Fsp3) is 0.0238. The summed E-state index contributed by atoms with van der Waals surface area (Å²) in [6.45, 7) is 0. The van der Waals surface area contributed by atoms with Crippen molar-refractivity contribution in [3.8, 4) is 0 Å². The lowest BCUT2D eigenvalue weighted by atomic mass is 9.88. The monoisotopic (exact) mass is 589 g/mol. The molecule has 0 radical (unpaired) electrons. The molecule has 0 saturated carbocycles. The number of fused-ring (bicyclic) bond motifs is 11. The highest BCUT2D eigenvalue weighted by molar-refractivity contribution is 6.35. The van der Waals surface area contributed by atoms with E-state index < -0.39 is 0 Å². The molecule has 0 spiro atoms. The minimum Gasteiger partial charge on any atom is -0.454 e. The van der Waals surface area contributed by atoms with E-state index in [-0.39, 0.29) is 6.04 Å². The summed E-state index contributed by atoms with van der Waals surface area (Å²) in [5, 5.41) is 11.0. The molecule has 1 unspecified atom stereocenters. The second-order valence-corrected chi connectivity index (χ2v) is 12.0. The van der Waals surface area contributed by atoms with Gasteiger partial charge in [0, 0.05) is 33.3 Å². The van der Waals surface area contributed by atoms with Gasteiger partial charge in [-0.25, -0.2) is 0 Å². The molecule has 46 heavy (non-hydrogen) atoms. The number of aliphatic imine (C=N–C) groups is 1. The van der Waals surface area contributed by atoms with Crippen molar-refractivity contribution < 1.29 is 4.42 Å². The topological polar surface area (TPSA) is 42.5 Å². The molecule has 1 N–H and O–H groups in total. The quantitative estimate of drug-likeness (QED) is 0.223. The van der Waals surface area contributed by atoms with E-state index in [0.717, 1.165) is 55.6 Å². The van der Waals surface area contributed by atoms with Gasteiger partial charge in [0.2, 0.25) is 0 Å². The van der Waals surface area contributed by atoms with Crippen LogP contribution in [0.25, 0.3) is 71.5 Å². The molecule has 2 aliphatic rings. The molecule has 0 amide bonds. The predicted octanol–water partition coefficient (Wildman–Crippen LogP) is 10.2. The van der Waals surface area contributed by atoms with E-state index in [1.165, 1.54) is 32.7 Å². The molecule has 2 aliphatic heterocycles. The molecule has 0 fully saturated rings. The number of furan rings is 1. The fourth-order valence-electron chi connectivity index (χ4n) is 7.54. The van der Waals surface area contributed by atoms with Gasteiger partial charge in [-0.15, -0.1) is 0 Å². The fourth-order valence-corrected chi connectivity index (χ4v) is 7.54. The maximum atomic E-state index is 6.82. The van der Waals surface area contributed by atoms with E-state index in [0.29, 0.717) is 0 Å². The third-order valence-electron chi connectivity index (χ3n) is 9.49. The summed E-state index contributed by atoms with van der Waals surface area (Å²) in [5.74, 6) is 0.981. The summed E-state index contributed by atoms with van der Waals surface area (Å²) < 4.78 is 9.20. The lowest BCUT2D eigenvalue weighted by Crippen LogP contribution is -2.36. The highest BCUT2D eigenvalue weighted by Gasteiger charge is 2.32. The molecule has 0 aliphatic carbocycles. The Kier molecular flexibility index (Phi) is 5.31. The van der Waals surface area contributed by atoms with E-state index in [1.54, 1.807) is 0 Å². The van der Waals surface area contributed by atoms with Crippen molar-refractivity contribution in [3.05, 3.63) is 162 Å². The average Bonchev–Trinajstić information content (AvgIpc) is 3.69. The summed E-state index contributed by atoms with van der Waals surface area (Å²) in [4.78, 5) is 4.99. The molecule has 10 rings (SSSR count). The molecule has 1 atom stereocenters. The van der Waals surface area contributed by atoms with Gasteiger partial charge in [-0.1, -0.05) is 121 Å². The number of hydrogen-bond donors (Lipinski definition) is 1. The Labute approximate surface area is 264 Å². The van der Waals surface area contributed by atoms with Crippen molar-refractivity contribution in [1.82, 2.24) is 9.88 Å². The van der Waals surface area contributed by atoms with E-state index in [1.807, 2.05) is 12.3 Å². The molecule has 0 bridgehead atoms. The largest absolute Gasteiger partial charge is 0.454 e. The first kappa shape index (κ1) is 25.2. The second kappa shape index (κ2) is 9.68. The van der Waals surface area contributed by atoms with Gasteiger partial charge >= 0.3 is 0 Å². The van der Waals surface area contributed by atoms with Gasteiger partial charge in [0.25, 0.3) is 0 Å². The number of dihydropyridines is 2. The van der Waals surface area contributed by atoms with Crippen LogP contribution in [0, 0.1) is 0 Å². The Bertz CT molecular complexity index is 2650. The highest BCUT2D eigenvalue weighted by atomic mass is 16.3. The lowest BCUT2D eigenvalue weighted by Gasteiger charge is -2.33. The van der Waals surface area contributed by atoms with E-state index in [2.05, 4.69) is 149 Å². The minimum absolute atomic E-state index is 0.148. The molecule has 4 heterocycles. The molecule has 4 nitrogen and oxygen atoms in total. The normalized spacial score (nSPS) is 16.3. The Morgan fingerprint density at radius 1 is 0.609 bits per heavy atom. The van der Waals surface area contributed by atoms with Gasteiger partial charge in [-0.05, 0) is 51.8 Å². The molecule has 6 aromatic carbocycles. The Morgan fingerprint density at radius 3 is 2.02 bits per heavy atom. The number of para-hydroxylation sites is 2. The molecule has 216 valence electrons. The number of rotatable bonds is 3. The zero-order valence-electron chi connectivity index (χ0n) is 24.8. The zero-order chi connectivity index (χ0) is 30.2. The van der Waals surface area contributed by atoms with Gasteiger partial charge in [-0.3, -0.25) is 9.56 Å². The summed E-state index contributed by atoms with van der Waals surface area (Å²) in [5.41, 5.74) is 9.56. The first-order valence-corrected chi connectivity index (χ1v) is 15.7. The average molecular weight is 590 g/mol. The van der Waals surface area contributed by atoms with Crippen LogP contribution < -0.4 is 5.32 Å². The maximum Gasteiger partial charge on any atom is 0.160 e. The number of nitrogens with one attached hydrogen (secondary N) is 1. The van der Waals surface area contributed by atoms with E-state index in [4.69, 9.17) is 9.41 Å². The summed E-state index contributed by atoms with van der Waals surface area (Å²) in [6, 6.07) is 46.9. The summed E-state index contributed by atoms with van der Waals surface area (Å²) >= 11 is 0. The SMILES string of the molecule is C1=NC2=C(c3ccccc3)C=C(n3c4ccccc4c4c5ccccc5c5c6ccccc6oc5c43)NC2C(c2ccccc2)=C1. The Balaban J connectivity index is 1.35. The molecule has 4 heteroatoms. The molecular formula is C42H27N3O. The van der Waals surface area contributed by atoms with Crippen molar-refractivity contribution in [3.63, 3.8) is 0 Å². The van der Waals surface area contributed by atoms with Crippen LogP contribution >= 0.6 is 0 Å². The van der Waals surface area contributed by atoms with Gasteiger partial charge in [0.15, 0.2) is 5.58 Å². The smallest absolute Gasteiger partial charge is 0.160 e. The zero-order valence-corrected chi connectivity index (χ0v) is 24.8. The van der Waals surface area contributed by atoms with Crippen LogP contribution in [-0.4, -0.2) is 16.8 Å². The second-order valence-electron chi connectivity index (χ2n) is 12.0. The van der Waals surface area contributed by atoms with Crippen molar-refractivity contribution in [2.24, 2.45) is 4.99 Å². The van der Waals surface area contributed by atoms with Crippen molar-refractivity contribution in [2.75, 3.05) is 0 Å². The van der Waals surface area contributed by atoms with Crippen LogP contribution in [0.4, 0.5) is 0 Å². The van der Waals surface area contributed by atoms with Crippen LogP contribution in [0.2, 0.25) is 0 Å². The Hall–Kier alpha value is -6.13. The summed E-state index contributed by atoms with van der Waals surface area (Å²) in [6.07, 6.45) is 6.34. The van der Waals surface area contributed by atoms with Gasteiger partial charge < -0.3 is 9.73 Å². The third kappa shape index (κ3) is 3.52. The van der Waals surface area contributed by atoms with Gasteiger partial charge in [0.05, 0.1) is 22.8 Å². The molecular weight excluding hydrogens is 562 g/mol. The van der Waals surface area contributed by atoms with Crippen LogP contribution in [-0.2, 0) is 0 Å². The first-order chi connectivity index (χ1) is 22.8. The molecule has 2 aromatic heterocycles. The highest BCUT2D eigenvalue weighted by Crippen LogP contribution is 2.46. The van der Waals surface area contributed by atoms with E-state index >= 15 is 0 Å². The maximum absolute atomic E-state index is 6.82. The lowest BCUT2D eigenvalue weighted by molar-refractivity contribution is 0.670. The van der Waals surface area contributed by atoms with Crippen LogP contribution in [0.3, 0.4) is 0 Å². The van der Waals surface area contributed by atoms with Crippen LogP contribution in [0.5, 0.6) is 0 Å². The Morgan fingerprint density at radius 2 is 1.24 bits per heavy atom. The van der Waals surface area contributed by atoms with Crippen molar-refractivity contribution in [2.45, 2.75) is 6.04 Å². The predicted molar refractivity (Wildman–Crippen MR) is 192 cm³/mol.